The third kappa shape index (κ3) is 3.57. The molecule has 3 N–H and O–H groups in total. The van der Waals surface area contributed by atoms with Crippen LogP contribution in [0.4, 0.5) is 27.6 Å². The third-order valence-corrected chi connectivity index (χ3v) is 6.41. The van der Waals surface area contributed by atoms with Gasteiger partial charge in [0, 0.05) is 24.4 Å². The summed E-state index contributed by atoms with van der Waals surface area (Å²) in [6, 6.07) is 1.38. The van der Waals surface area contributed by atoms with Gasteiger partial charge >= 0.3 is 6.18 Å². The van der Waals surface area contributed by atoms with E-state index in [4.69, 9.17) is 0 Å². The molecular weight excluding hydrogens is 463 g/mol. The van der Waals surface area contributed by atoms with Crippen molar-refractivity contribution in [3.8, 4) is 0 Å². The quantitative estimate of drug-likeness (QED) is 0.469. The number of aromatic nitrogens is 1. The van der Waals surface area contributed by atoms with E-state index in [1.807, 2.05) is 4.72 Å². The fourth-order valence-electron chi connectivity index (χ4n) is 2.90. The first-order chi connectivity index (χ1) is 12.3. The molecule has 3 rings (SSSR count). The first-order valence-electron chi connectivity index (χ1n) is 7.50. The zero-order valence-corrected chi connectivity index (χ0v) is 15.7. The van der Waals surface area contributed by atoms with Crippen molar-refractivity contribution in [1.82, 2.24) is 4.98 Å². The zero-order valence-electron chi connectivity index (χ0n) is 13.3. The molecule has 0 radical (unpaired) electrons. The lowest BCUT2D eigenvalue weighted by atomic mass is 9.83. The summed E-state index contributed by atoms with van der Waals surface area (Å²) in [5, 5.41) is 9.79. The minimum Gasteiger partial charge on any atom is -0.380 e. The van der Waals surface area contributed by atoms with Crippen LogP contribution in [0.25, 0.3) is 0 Å². The fourth-order valence-corrected chi connectivity index (χ4v) is 4.54. The number of sulfonamides is 1. The molecule has 0 saturated heterocycles. The molecule has 27 heavy (non-hydrogen) atoms. The maximum atomic E-state index is 13.9. The average Bonchev–Trinajstić information content (AvgIpc) is 2.95. The van der Waals surface area contributed by atoms with Gasteiger partial charge in [-0.3, -0.25) is 4.72 Å². The highest BCUT2D eigenvalue weighted by Crippen LogP contribution is 2.42. The second-order valence-electron chi connectivity index (χ2n) is 6.17. The largest absolute Gasteiger partial charge is 0.417 e. The molecule has 1 aromatic carbocycles. The van der Waals surface area contributed by atoms with Crippen molar-refractivity contribution < 1.29 is 35.5 Å². The van der Waals surface area contributed by atoms with Gasteiger partial charge in [0.05, 0.1) is 10.2 Å². The monoisotopic (exact) mass is 474 g/mol. The molecular formula is C15H12BrF5N2O3S. The van der Waals surface area contributed by atoms with Gasteiger partial charge in [-0.2, -0.15) is 13.2 Å². The van der Waals surface area contributed by atoms with Crippen LogP contribution in [0.5, 0.6) is 0 Å². The molecule has 0 unspecified atom stereocenters. The Balaban J connectivity index is 1.94. The van der Waals surface area contributed by atoms with Gasteiger partial charge in [0.25, 0.3) is 10.0 Å². The predicted octanol–water partition coefficient (Wildman–Crippen LogP) is 3.64. The average molecular weight is 475 g/mol. The van der Waals surface area contributed by atoms with Gasteiger partial charge in [-0.1, -0.05) is 0 Å². The number of hydrogen-bond acceptors (Lipinski definition) is 3. The van der Waals surface area contributed by atoms with Gasteiger partial charge in [0.15, 0.2) is 5.60 Å². The summed E-state index contributed by atoms with van der Waals surface area (Å²) < 4.78 is 93.1. The van der Waals surface area contributed by atoms with Gasteiger partial charge in [0.1, 0.15) is 16.5 Å². The summed E-state index contributed by atoms with van der Waals surface area (Å²) in [4.78, 5) is 2.04. The first kappa shape index (κ1) is 20.1. The SMILES string of the molecule is O=S(=O)(Nc1cc(F)c(Br)cc1F)c1c[nH]c2c1CC[C@@](O)(C(F)(F)F)C2. The Kier molecular flexibility index (Phi) is 4.80. The summed E-state index contributed by atoms with van der Waals surface area (Å²) in [6.07, 6.45) is -5.82. The highest BCUT2D eigenvalue weighted by atomic mass is 79.9. The number of benzene rings is 1. The highest BCUT2D eigenvalue weighted by molar-refractivity contribution is 9.10. The Hall–Kier alpha value is -1.66. The van der Waals surface area contributed by atoms with Crippen molar-refractivity contribution in [1.29, 1.82) is 0 Å². The lowest BCUT2D eigenvalue weighted by Crippen LogP contribution is -2.49. The van der Waals surface area contributed by atoms with E-state index in [2.05, 4.69) is 20.9 Å². The van der Waals surface area contributed by atoms with Crippen LogP contribution >= 0.6 is 15.9 Å². The Morgan fingerprint density at radius 3 is 2.52 bits per heavy atom. The molecule has 148 valence electrons. The number of alkyl halides is 3. The van der Waals surface area contributed by atoms with E-state index in [1.54, 1.807) is 0 Å². The maximum absolute atomic E-state index is 13.9. The van der Waals surface area contributed by atoms with Crippen LogP contribution in [0.15, 0.2) is 27.7 Å². The van der Waals surface area contributed by atoms with E-state index in [9.17, 15) is 35.5 Å². The van der Waals surface area contributed by atoms with Crippen molar-refractivity contribution in [2.45, 2.75) is 35.9 Å². The van der Waals surface area contributed by atoms with Crippen molar-refractivity contribution >= 4 is 31.6 Å². The Morgan fingerprint density at radius 2 is 1.89 bits per heavy atom. The second-order valence-corrected chi connectivity index (χ2v) is 8.67. The lowest BCUT2D eigenvalue weighted by molar-refractivity contribution is -0.263. The van der Waals surface area contributed by atoms with Crippen LogP contribution in [0.3, 0.4) is 0 Å². The topological polar surface area (TPSA) is 82.2 Å². The van der Waals surface area contributed by atoms with Gasteiger partial charge in [-0.25, -0.2) is 17.2 Å². The number of H-pyrrole nitrogens is 1. The minimum atomic E-state index is -4.87. The molecule has 12 heteroatoms. The number of halogens is 6. The van der Waals surface area contributed by atoms with Crippen molar-refractivity contribution in [2.24, 2.45) is 0 Å². The molecule has 1 aromatic heterocycles. The fraction of sp³-hybridized carbons (Fsp3) is 0.333. The highest BCUT2D eigenvalue weighted by Gasteiger charge is 2.55. The maximum Gasteiger partial charge on any atom is 0.417 e. The second kappa shape index (κ2) is 6.45. The standard InChI is InChI=1S/C15H12BrF5N2O3S/c16-8-3-10(18)11(4-9(8)17)23-27(25,26)13-6-22-12-5-14(24,15(19,20)21)2-1-7(12)13/h3-4,6,22-24H,1-2,5H2/t14-/m0/s1. The Morgan fingerprint density at radius 1 is 1.22 bits per heavy atom. The van der Waals surface area contributed by atoms with E-state index < -0.39 is 52.0 Å². The normalized spacial score (nSPS) is 20.4. The number of fused-ring (bicyclic) bond motifs is 1. The predicted molar refractivity (Wildman–Crippen MR) is 88.7 cm³/mol. The van der Waals surface area contributed by atoms with Crippen LogP contribution < -0.4 is 4.72 Å². The summed E-state index contributed by atoms with van der Waals surface area (Å²) in [6.45, 7) is 0. The molecule has 1 heterocycles. The van der Waals surface area contributed by atoms with Gasteiger partial charge in [-0.05, 0) is 40.4 Å². The van der Waals surface area contributed by atoms with Crippen LogP contribution in [-0.2, 0) is 22.9 Å². The molecule has 0 spiro atoms. The van der Waals surface area contributed by atoms with Gasteiger partial charge < -0.3 is 10.1 Å². The molecule has 1 atom stereocenters. The van der Waals surface area contributed by atoms with Crippen LogP contribution in [0.2, 0.25) is 0 Å². The molecule has 5 nitrogen and oxygen atoms in total. The van der Waals surface area contributed by atoms with Gasteiger partial charge in [0.2, 0.25) is 0 Å². The molecule has 0 amide bonds. The van der Waals surface area contributed by atoms with Crippen molar-refractivity contribution in [3.05, 3.63) is 45.7 Å². The Bertz CT molecular complexity index is 1010. The summed E-state index contributed by atoms with van der Waals surface area (Å²) in [5.41, 5.74) is -3.62. The lowest BCUT2D eigenvalue weighted by Gasteiger charge is -2.33. The molecule has 0 fully saturated rings. The van der Waals surface area contributed by atoms with Crippen LogP contribution in [0.1, 0.15) is 17.7 Å². The summed E-state index contributed by atoms with van der Waals surface area (Å²) >= 11 is 2.76. The minimum absolute atomic E-state index is 0.0643. The number of aromatic amines is 1. The number of anilines is 1. The molecule has 0 aliphatic heterocycles. The smallest absolute Gasteiger partial charge is 0.380 e. The third-order valence-electron chi connectivity index (χ3n) is 4.37. The molecule has 1 aliphatic rings. The van der Waals surface area contributed by atoms with E-state index in [0.717, 1.165) is 12.3 Å². The molecule has 0 saturated carbocycles. The van der Waals surface area contributed by atoms with E-state index in [-0.39, 0.29) is 27.0 Å². The number of aliphatic hydroxyl groups is 1. The number of nitrogens with one attached hydrogen (secondary N) is 2. The Labute approximate surface area is 158 Å². The van der Waals surface area contributed by atoms with Crippen molar-refractivity contribution in [3.63, 3.8) is 0 Å². The van der Waals surface area contributed by atoms with E-state index in [0.29, 0.717) is 6.07 Å². The van der Waals surface area contributed by atoms with E-state index in [1.165, 1.54) is 0 Å². The van der Waals surface area contributed by atoms with Crippen LogP contribution in [-0.4, -0.2) is 30.3 Å². The zero-order chi connectivity index (χ0) is 20.2. The van der Waals surface area contributed by atoms with E-state index >= 15 is 0 Å². The van der Waals surface area contributed by atoms with Gasteiger partial charge in [-0.15, -0.1) is 0 Å². The van der Waals surface area contributed by atoms with Crippen molar-refractivity contribution in [2.75, 3.05) is 4.72 Å². The first-order valence-corrected chi connectivity index (χ1v) is 9.77. The van der Waals surface area contributed by atoms with Crippen LogP contribution in [0, 0.1) is 11.6 Å². The summed E-state index contributed by atoms with van der Waals surface area (Å²) in [7, 11) is -4.40. The number of rotatable bonds is 3. The molecule has 2 aromatic rings. The summed E-state index contributed by atoms with van der Waals surface area (Å²) in [5.74, 6) is -1.94. The number of hydrogen-bond donors (Lipinski definition) is 3. The molecule has 1 aliphatic carbocycles. The molecule has 0 bridgehead atoms.